The maximum atomic E-state index is 13.6. The van der Waals surface area contributed by atoms with Gasteiger partial charge in [0, 0.05) is 17.5 Å². The second-order valence-electron chi connectivity index (χ2n) is 10.5. The Bertz CT molecular complexity index is 1270. The van der Waals surface area contributed by atoms with E-state index in [2.05, 4.69) is 18.7 Å². The zero-order valence-corrected chi connectivity index (χ0v) is 21.1. The van der Waals surface area contributed by atoms with Crippen LogP contribution in [0.3, 0.4) is 0 Å². The van der Waals surface area contributed by atoms with E-state index in [0.717, 1.165) is 59.9 Å². The molecule has 5 rings (SSSR count). The minimum atomic E-state index is -0.286. The van der Waals surface area contributed by atoms with Crippen LogP contribution in [0.2, 0.25) is 0 Å². The molecular weight excluding hydrogens is 459 g/mol. The summed E-state index contributed by atoms with van der Waals surface area (Å²) in [6.45, 7) is 8.51. The molecule has 0 bridgehead atoms. The molecule has 1 saturated heterocycles. The second-order valence-corrected chi connectivity index (χ2v) is 10.5. The van der Waals surface area contributed by atoms with Crippen molar-refractivity contribution < 1.29 is 23.8 Å². The quantitative estimate of drug-likeness (QED) is 0.429. The summed E-state index contributed by atoms with van der Waals surface area (Å²) in [5.74, 6) is 0.333. The summed E-state index contributed by atoms with van der Waals surface area (Å²) in [5.41, 5.74) is 2.86. The van der Waals surface area contributed by atoms with Crippen molar-refractivity contribution in [3.63, 3.8) is 0 Å². The van der Waals surface area contributed by atoms with E-state index in [-0.39, 0.29) is 35.0 Å². The molecule has 1 saturated carbocycles. The number of benzene rings is 2. The number of aromatic hydroxyl groups is 1. The zero-order chi connectivity index (χ0) is 25.4. The van der Waals surface area contributed by atoms with Gasteiger partial charge in [0.2, 0.25) is 5.88 Å². The summed E-state index contributed by atoms with van der Waals surface area (Å²) in [6, 6.07) is 11.7. The van der Waals surface area contributed by atoms with Crippen molar-refractivity contribution in [2.45, 2.75) is 52.1 Å². The fourth-order valence-electron chi connectivity index (χ4n) is 5.75. The highest BCUT2D eigenvalue weighted by atomic mass is 19.1. The largest absolute Gasteiger partial charge is 0.508 e. The summed E-state index contributed by atoms with van der Waals surface area (Å²) in [5, 5.41) is 11.9. The van der Waals surface area contributed by atoms with Crippen LogP contribution in [-0.4, -0.2) is 53.3 Å². The Morgan fingerprint density at radius 1 is 1.19 bits per heavy atom. The fraction of sp³-hybridized carbons (Fsp3) is 0.448. The first-order chi connectivity index (χ1) is 17.3. The molecule has 2 fully saturated rings. The number of pyridine rings is 1. The van der Waals surface area contributed by atoms with Crippen molar-refractivity contribution in [1.29, 1.82) is 0 Å². The second kappa shape index (κ2) is 9.69. The number of ether oxygens (including phenoxy) is 2. The SMILES string of the molecule is CCOC(=O)CN1CCC2(CC(Oc3nc(C(C)C)c(-c4ccc(F)cc4)c4ccc(O)cc34)C2)C1. The number of hydrogen-bond acceptors (Lipinski definition) is 6. The molecule has 1 aliphatic carbocycles. The summed E-state index contributed by atoms with van der Waals surface area (Å²) in [6.07, 6.45) is 2.89. The maximum absolute atomic E-state index is 13.6. The minimum absolute atomic E-state index is 0.0299. The number of fused-ring (bicyclic) bond motifs is 1. The first-order valence-corrected chi connectivity index (χ1v) is 12.7. The number of rotatable bonds is 7. The van der Waals surface area contributed by atoms with E-state index in [1.807, 2.05) is 13.0 Å². The highest BCUT2D eigenvalue weighted by Crippen LogP contribution is 2.50. The smallest absolute Gasteiger partial charge is 0.320 e. The van der Waals surface area contributed by atoms with Gasteiger partial charge in [0.15, 0.2) is 0 Å². The highest BCUT2D eigenvalue weighted by Gasteiger charge is 2.50. The molecule has 3 aromatic rings. The van der Waals surface area contributed by atoms with Gasteiger partial charge < -0.3 is 14.6 Å². The van der Waals surface area contributed by atoms with Crippen LogP contribution < -0.4 is 4.74 Å². The van der Waals surface area contributed by atoms with Gasteiger partial charge in [-0.05, 0) is 85.3 Å². The number of hydrogen-bond donors (Lipinski definition) is 1. The number of nitrogens with zero attached hydrogens (tertiary/aromatic N) is 2. The fourth-order valence-corrected chi connectivity index (χ4v) is 5.75. The predicted octanol–water partition coefficient (Wildman–Crippen LogP) is 5.67. The molecule has 2 aliphatic rings. The van der Waals surface area contributed by atoms with Crippen molar-refractivity contribution in [1.82, 2.24) is 9.88 Å². The van der Waals surface area contributed by atoms with Crippen molar-refractivity contribution >= 4 is 16.7 Å². The van der Waals surface area contributed by atoms with Crippen LogP contribution in [0.5, 0.6) is 11.6 Å². The van der Waals surface area contributed by atoms with Crippen LogP contribution in [-0.2, 0) is 9.53 Å². The topological polar surface area (TPSA) is 71.9 Å². The Labute approximate surface area is 211 Å². The molecule has 0 atom stereocenters. The average molecular weight is 493 g/mol. The molecule has 1 N–H and O–H groups in total. The highest BCUT2D eigenvalue weighted by molar-refractivity contribution is 6.01. The lowest BCUT2D eigenvalue weighted by Gasteiger charge is -2.44. The lowest BCUT2D eigenvalue weighted by Crippen LogP contribution is -2.46. The van der Waals surface area contributed by atoms with Gasteiger partial charge in [-0.1, -0.05) is 26.0 Å². The van der Waals surface area contributed by atoms with Crippen molar-refractivity contribution in [2.24, 2.45) is 5.41 Å². The van der Waals surface area contributed by atoms with E-state index in [9.17, 15) is 14.3 Å². The van der Waals surface area contributed by atoms with Crippen molar-refractivity contribution in [2.75, 3.05) is 26.2 Å². The van der Waals surface area contributed by atoms with Gasteiger partial charge in [0.1, 0.15) is 17.7 Å². The van der Waals surface area contributed by atoms with Crippen LogP contribution in [0, 0.1) is 11.2 Å². The van der Waals surface area contributed by atoms with E-state index in [4.69, 9.17) is 14.5 Å². The van der Waals surface area contributed by atoms with Crippen LogP contribution in [0.15, 0.2) is 42.5 Å². The number of carbonyl (C=O) groups is 1. The van der Waals surface area contributed by atoms with Gasteiger partial charge in [-0.25, -0.2) is 9.37 Å². The lowest BCUT2D eigenvalue weighted by atomic mass is 9.66. The van der Waals surface area contributed by atoms with Gasteiger partial charge in [-0.2, -0.15) is 0 Å². The molecule has 0 unspecified atom stereocenters. The lowest BCUT2D eigenvalue weighted by molar-refractivity contribution is -0.144. The Balaban J connectivity index is 1.40. The van der Waals surface area contributed by atoms with Gasteiger partial charge in [0.25, 0.3) is 0 Å². The van der Waals surface area contributed by atoms with Crippen LogP contribution >= 0.6 is 0 Å². The molecule has 1 aromatic heterocycles. The number of phenols is 1. The number of halogens is 1. The van der Waals surface area contributed by atoms with Crippen molar-refractivity contribution in [3.8, 4) is 22.8 Å². The number of aromatic nitrogens is 1. The maximum Gasteiger partial charge on any atom is 0.320 e. The van der Waals surface area contributed by atoms with E-state index in [1.54, 1.807) is 24.3 Å². The molecule has 2 heterocycles. The van der Waals surface area contributed by atoms with E-state index >= 15 is 0 Å². The standard InChI is InChI=1S/C29H33FN2O4/c1-4-35-25(34)16-32-12-11-29(17-32)14-22(15-29)36-28-24-13-21(33)9-10-23(24)26(27(31-28)18(2)3)19-5-7-20(30)8-6-19/h5-10,13,18,22,33H,4,11-12,14-17H2,1-3H3. The number of carbonyl (C=O) groups excluding carboxylic acids is 1. The van der Waals surface area contributed by atoms with Crippen LogP contribution in [0.4, 0.5) is 4.39 Å². The Kier molecular flexibility index (Phi) is 6.60. The first kappa shape index (κ1) is 24.5. The third-order valence-electron chi connectivity index (χ3n) is 7.44. The van der Waals surface area contributed by atoms with Gasteiger partial charge in [-0.15, -0.1) is 0 Å². The molecule has 36 heavy (non-hydrogen) atoms. The summed E-state index contributed by atoms with van der Waals surface area (Å²) >= 11 is 0. The Hall–Kier alpha value is -3.19. The molecule has 0 amide bonds. The van der Waals surface area contributed by atoms with Gasteiger partial charge >= 0.3 is 5.97 Å². The molecule has 0 radical (unpaired) electrons. The third kappa shape index (κ3) is 4.76. The Morgan fingerprint density at radius 3 is 2.64 bits per heavy atom. The summed E-state index contributed by atoms with van der Waals surface area (Å²) < 4.78 is 25.2. The predicted molar refractivity (Wildman–Crippen MR) is 137 cm³/mol. The zero-order valence-electron chi connectivity index (χ0n) is 21.1. The molecule has 190 valence electrons. The first-order valence-electron chi connectivity index (χ1n) is 12.7. The van der Waals surface area contributed by atoms with E-state index in [1.165, 1.54) is 12.1 Å². The van der Waals surface area contributed by atoms with Gasteiger partial charge in [0.05, 0.1) is 18.8 Å². The van der Waals surface area contributed by atoms with Crippen LogP contribution in [0.1, 0.15) is 51.6 Å². The van der Waals surface area contributed by atoms with E-state index in [0.29, 0.717) is 19.0 Å². The monoisotopic (exact) mass is 492 g/mol. The number of phenolic OH excluding ortho intramolecular Hbond substituents is 1. The number of likely N-dealkylation sites (tertiary alicyclic amines) is 1. The minimum Gasteiger partial charge on any atom is -0.508 e. The molecule has 6 nitrogen and oxygen atoms in total. The number of esters is 1. The molecular formula is C29H33FN2O4. The Morgan fingerprint density at radius 2 is 1.94 bits per heavy atom. The van der Waals surface area contributed by atoms with Crippen LogP contribution in [0.25, 0.3) is 21.9 Å². The molecule has 1 aliphatic heterocycles. The van der Waals surface area contributed by atoms with Crippen molar-refractivity contribution in [3.05, 3.63) is 54.0 Å². The molecule has 2 aromatic carbocycles. The third-order valence-corrected chi connectivity index (χ3v) is 7.44. The van der Waals surface area contributed by atoms with E-state index < -0.39 is 0 Å². The normalized spacial score (nSPS) is 21.8. The van der Waals surface area contributed by atoms with Gasteiger partial charge in [-0.3, -0.25) is 9.69 Å². The summed E-state index contributed by atoms with van der Waals surface area (Å²) in [4.78, 5) is 19.0. The summed E-state index contributed by atoms with van der Waals surface area (Å²) in [7, 11) is 0. The molecule has 1 spiro atoms. The molecule has 7 heteroatoms. The average Bonchev–Trinajstić information content (AvgIpc) is 3.23.